The Morgan fingerprint density at radius 2 is 2.27 bits per heavy atom. The van der Waals surface area contributed by atoms with Crippen molar-refractivity contribution in [2.45, 2.75) is 11.8 Å². The van der Waals surface area contributed by atoms with Crippen LogP contribution in [0.15, 0.2) is 27.6 Å². The zero-order valence-corrected chi connectivity index (χ0v) is 10.8. The third-order valence-electron chi connectivity index (χ3n) is 1.77. The van der Waals surface area contributed by atoms with E-state index in [2.05, 4.69) is 39.0 Å². The van der Waals surface area contributed by atoms with Crippen molar-refractivity contribution in [3.05, 3.63) is 28.2 Å². The van der Waals surface area contributed by atoms with Gasteiger partial charge in [-0.2, -0.15) is 0 Å². The highest BCUT2D eigenvalue weighted by Crippen LogP contribution is 2.22. The number of carbonyl (C=O) groups is 1. The number of nitrogens with one attached hydrogen (secondary N) is 2. The molecule has 0 fully saturated rings. The van der Waals surface area contributed by atoms with Crippen molar-refractivity contribution in [2.24, 2.45) is 0 Å². The number of amides is 1. The van der Waals surface area contributed by atoms with Crippen LogP contribution in [0.1, 0.15) is 5.56 Å². The van der Waals surface area contributed by atoms with E-state index in [0.717, 1.165) is 11.0 Å². The van der Waals surface area contributed by atoms with Crippen molar-refractivity contribution >= 4 is 34.3 Å². The standard InChI is InChI=1S/C10H13BrN2OS/c1-8-6-9(2-3-10(8)11)15-13-5-4-12-7-14/h2-3,6-7,13H,4-5H2,1H3,(H,12,14). The summed E-state index contributed by atoms with van der Waals surface area (Å²) in [5.41, 5.74) is 1.22. The molecule has 0 aliphatic rings. The lowest BCUT2D eigenvalue weighted by Crippen LogP contribution is -2.22. The van der Waals surface area contributed by atoms with Gasteiger partial charge >= 0.3 is 0 Å². The van der Waals surface area contributed by atoms with Gasteiger partial charge in [0.05, 0.1) is 0 Å². The highest BCUT2D eigenvalue weighted by atomic mass is 79.9. The molecule has 0 aromatic heterocycles. The van der Waals surface area contributed by atoms with Crippen LogP contribution in [-0.4, -0.2) is 19.5 Å². The smallest absolute Gasteiger partial charge is 0.207 e. The van der Waals surface area contributed by atoms with Crippen molar-refractivity contribution < 1.29 is 4.79 Å². The largest absolute Gasteiger partial charge is 0.357 e. The second kappa shape index (κ2) is 6.87. The molecule has 0 bridgehead atoms. The molecular weight excluding hydrogens is 276 g/mol. The van der Waals surface area contributed by atoms with Crippen molar-refractivity contribution in [3.8, 4) is 0 Å². The van der Waals surface area contributed by atoms with Gasteiger partial charge in [-0.15, -0.1) is 0 Å². The normalized spacial score (nSPS) is 10.0. The van der Waals surface area contributed by atoms with E-state index in [1.54, 1.807) is 11.9 Å². The van der Waals surface area contributed by atoms with Crippen LogP contribution in [0.5, 0.6) is 0 Å². The average Bonchev–Trinajstić information content (AvgIpc) is 2.23. The van der Waals surface area contributed by atoms with Crippen LogP contribution in [0.3, 0.4) is 0 Å². The molecule has 0 spiro atoms. The number of benzene rings is 1. The quantitative estimate of drug-likeness (QED) is 0.479. The molecule has 2 N–H and O–H groups in total. The lowest BCUT2D eigenvalue weighted by Gasteiger charge is -2.05. The monoisotopic (exact) mass is 288 g/mol. The van der Waals surface area contributed by atoms with Crippen LogP contribution >= 0.6 is 27.9 Å². The summed E-state index contributed by atoms with van der Waals surface area (Å²) in [6, 6.07) is 6.18. The molecule has 0 atom stereocenters. The summed E-state index contributed by atoms with van der Waals surface area (Å²) in [5, 5.41) is 2.59. The van der Waals surface area contributed by atoms with E-state index < -0.39 is 0 Å². The van der Waals surface area contributed by atoms with E-state index in [1.165, 1.54) is 10.5 Å². The summed E-state index contributed by atoms with van der Waals surface area (Å²) in [7, 11) is 0. The first-order valence-corrected chi connectivity index (χ1v) is 6.18. The molecule has 1 aromatic rings. The Labute approximate surface area is 102 Å². The summed E-state index contributed by atoms with van der Waals surface area (Å²) in [4.78, 5) is 11.1. The molecule has 1 aromatic carbocycles. The zero-order chi connectivity index (χ0) is 11.1. The molecule has 0 saturated heterocycles. The van der Waals surface area contributed by atoms with Crippen LogP contribution in [0.25, 0.3) is 0 Å². The van der Waals surface area contributed by atoms with Gasteiger partial charge in [-0.1, -0.05) is 15.9 Å². The topological polar surface area (TPSA) is 41.1 Å². The van der Waals surface area contributed by atoms with Gasteiger partial charge in [0.1, 0.15) is 0 Å². The Bertz CT molecular complexity index is 333. The highest BCUT2D eigenvalue weighted by Gasteiger charge is 1.97. The molecule has 5 heteroatoms. The molecule has 0 heterocycles. The fourth-order valence-corrected chi connectivity index (χ4v) is 1.99. The summed E-state index contributed by atoms with van der Waals surface area (Å²) in [5.74, 6) is 0. The third kappa shape index (κ3) is 4.68. The van der Waals surface area contributed by atoms with Gasteiger partial charge in [-0.3, -0.25) is 9.52 Å². The molecule has 0 aliphatic heterocycles. The number of halogens is 1. The first-order chi connectivity index (χ1) is 7.24. The number of hydrogen-bond acceptors (Lipinski definition) is 3. The van der Waals surface area contributed by atoms with Crippen LogP contribution in [0.4, 0.5) is 0 Å². The molecule has 1 rings (SSSR count). The summed E-state index contributed by atoms with van der Waals surface area (Å²) < 4.78 is 4.28. The second-order valence-electron chi connectivity index (χ2n) is 2.98. The molecule has 82 valence electrons. The molecular formula is C10H13BrN2OS. The van der Waals surface area contributed by atoms with Gasteiger partial charge < -0.3 is 5.32 Å². The minimum Gasteiger partial charge on any atom is -0.357 e. The Kier molecular flexibility index (Phi) is 5.75. The maximum Gasteiger partial charge on any atom is 0.207 e. The minimum absolute atomic E-state index is 0.645. The summed E-state index contributed by atoms with van der Waals surface area (Å²) >= 11 is 5.02. The fraction of sp³-hybridized carbons (Fsp3) is 0.300. The summed E-state index contributed by atoms with van der Waals surface area (Å²) in [6.45, 7) is 3.45. The second-order valence-corrected chi connectivity index (χ2v) is 4.80. The Morgan fingerprint density at radius 3 is 2.93 bits per heavy atom. The lowest BCUT2D eigenvalue weighted by molar-refractivity contribution is -0.109. The molecule has 1 amide bonds. The first-order valence-electron chi connectivity index (χ1n) is 4.57. The SMILES string of the molecule is Cc1cc(SNCCNC=O)ccc1Br. The number of aryl methyl sites for hydroxylation is 1. The van der Waals surface area contributed by atoms with E-state index in [-0.39, 0.29) is 0 Å². The van der Waals surface area contributed by atoms with Crippen LogP contribution < -0.4 is 10.0 Å². The van der Waals surface area contributed by atoms with E-state index in [1.807, 2.05) is 12.1 Å². The number of rotatable bonds is 6. The molecule has 0 radical (unpaired) electrons. The maximum absolute atomic E-state index is 9.97. The minimum atomic E-state index is 0.645. The lowest BCUT2D eigenvalue weighted by atomic mass is 10.2. The van der Waals surface area contributed by atoms with Gasteiger partial charge in [0.25, 0.3) is 0 Å². The predicted octanol–water partition coefficient (Wildman–Crippen LogP) is 2.10. The Balaban J connectivity index is 2.31. The van der Waals surface area contributed by atoms with E-state index in [0.29, 0.717) is 13.0 Å². The Hall–Kier alpha value is -0.520. The van der Waals surface area contributed by atoms with Crippen LogP contribution in [0, 0.1) is 6.92 Å². The highest BCUT2D eigenvalue weighted by molar-refractivity contribution is 9.10. The molecule has 3 nitrogen and oxygen atoms in total. The predicted molar refractivity (Wildman–Crippen MR) is 66.8 cm³/mol. The summed E-state index contributed by atoms with van der Waals surface area (Å²) in [6.07, 6.45) is 0.704. The molecule has 0 aliphatic carbocycles. The van der Waals surface area contributed by atoms with Crippen LogP contribution in [0.2, 0.25) is 0 Å². The number of carbonyl (C=O) groups excluding carboxylic acids is 1. The van der Waals surface area contributed by atoms with Gasteiger partial charge in [-0.25, -0.2) is 0 Å². The van der Waals surface area contributed by atoms with E-state index in [9.17, 15) is 4.79 Å². The zero-order valence-electron chi connectivity index (χ0n) is 8.42. The third-order valence-corrected chi connectivity index (χ3v) is 3.50. The fourth-order valence-electron chi connectivity index (χ4n) is 0.997. The maximum atomic E-state index is 9.97. The van der Waals surface area contributed by atoms with Crippen molar-refractivity contribution in [1.82, 2.24) is 10.0 Å². The first kappa shape index (κ1) is 12.5. The molecule has 0 saturated carbocycles. The van der Waals surface area contributed by atoms with E-state index in [4.69, 9.17) is 0 Å². The van der Waals surface area contributed by atoms with Gasteiger partial charge in [0.2, 0.25) is 6.41 Å². The number of hydrogen-bond donors (Lipinski definition) is 2. The van der Waals surface area contributed by atoms with E-state index >= 15 is 0 Å². The van der Waals surface area contributed by atoms with Crippen molar-refractivity contribution in [1.29, 1.82) is 0 Å². The van der Waals surface area contributed by atoms with Crippen LogP contribution in [-0.2, 0) is 4.79 Å². The van der Waals surface area contributed by atoms with Crippen molar-refractivity contribution in [2.75, 3.05) is 13.1 Å². The Morgan fingerprint density at radius 1 is 1.47 bits per heavy atom. The van der Waals surface area contributed by atoms with Gasteiger partial charge in [0.15, 0.2) is 0 Å². The van der Waals surface area contributed by atoms with Gasteiger partial charge in [-0.05, 0) is 42.6 Å². The van der Waals surface area contributed by atoms with Gasteiger partial charge in [0, 0.05) is 22.5 Å². The molecule has 15 heavy (non-hydrogen) atoms. The average molecular weight is 289 g/mol. The molecule has 0 unspecified atom stereocenters. The van der Waals surface area contributed by atoms with Crippen molar-refractivity contribution in [3.63, 3.8) is 0 Å².